The van der Waals surface area contributed by atoms with Crippen molar-refractivity contribution in [2.45, 2.75) is 63.0 Å². The van der Waals surface area contributed by atoms with Gasteiger partial charge in [0.2, 0.25) is 0 Å². The molecule has 1 N–H and O–H groups in total. The monoisotopic (exact) mass is 354 g/mol. The Bertz CT molecular complexity index is 846. The van der Waals surface area contributed by atoms with Crippen LogP contribution >= 0.6 is 0 Å². The summed E-state index contributed by atoms with van der Waals surface area (Å²) >= 11 is 0. The maximum absolute atomic E-state index is 12.9. The van der Waals surface area contributed by atoms with Gasteiger partial charge in [0, 0.05) is 36.2 Å². The number of phenols is 1. The molecule has 2 saturated carbocycles. The van der Waals surface area contributed by atoms with Crippen molar-refractivity contribution in [2.75, 3.05) is 20.1 Å². The van der Waals surface area contributed by atoms with Crippen LogP contribution in [-0.4, -0.2) is 47.7 Å². The number of benzene rings is 1. The Labute approximate surface area is 154 Å². The fourth-order valence-corrected chi connectivity index (χ4v) is 7.45. The van der Waals surface area contributed by atoms with Gasteiger partial charge in [-0.05, 0) is 30.9 Å². The lowest BCUT2D eigenvalue weighted by Crippen LogP contribution is -2.76. The minimum atomic E-state index is -0.388. The number of phenolic OH excluding ortho intramolecular Hbond substituents is 1. The van der Waals surface area contributed by atoms with Gasteiger partial charge in [-0.1, -0.05) is 13.0 Å². The average Bonchev–Trinajstić information content (AvgIpc) is 3.32. The van der Waals surface area contributed by atoms with Gasteiger partial charge < -0.3 is 14.3 Å². The average molecular weight is 354 g/mol. The van der Waals surface area contributed by atoms with Crippen molar-refractivity contribution in [1.82, 2.24) is 0 Å². The van der Waals surface area contributed by atoms with Gasteiger partial charge in [-0.25, -0.2) is 0 Å². The van der Waals surface area contributed by atoms with Crippen LogP contribution in [0, 0.1) is 11.3 Å². The molecule has 2 aliphatic heterocycles. The Morgan fingerprint density at radius 1 is 1.31 bits per heavy atom. The van der Waals surface area contributed by atoms with Crippen LogP contribution in [0.2, 0.25) is 0 Å². The standard InChI is InChI=1S/C22H27NO3/c1-21-8-7-16(25)20-22(21)9-10-23(2,12-13-3-4-13)17(21)11-14-5-6-15(24)19(26-20)18(14)22/h5-6,13,17,20H,3-4,7-12H2,1-2H3/p+1. The first-order chi connectivity index (χ1) is 12.4. The van der Waals surface area contributed by atoms with E-state index in [9.17, 15) is 9.90 Å². The molecule has 2 heterocycles. The molecule has 0 radical (unpaired) electrons. The normalized spacial score (nSPS) is 45.2. The fraction of sp³-hybridized carbons (Fsp3) is 0.682. The Morgan fingerprint density at radius 3 is 2.88 bits per heavy atom. The molecule has 1 saturated heterocycles. The van der Waals surface area contributed by atoms with Crippen molar-refractivity contribution >= 4 is 5.78 Å². The van der Waals surface area contributed by atoms with Crippen molar-refractivity contribution in [1.29, 1.82) is 0 Å². The number of carbonyl (C=O) groups excluding carboxylic acids is 1. The largest absolute Gasteiger partial charge is 0.504 e. The summed E-state index contributed by atoms with van der Waals surface area (Å²) in [6, 6.07) is 4.41. The van der Waals surface area contributed by atoms with E-state index in [1.54, 1.807) is 6.07 Å². The minimum Gasteiger partial charge on any atom is -0.504 e. The second-order valence-corrected chi connectivity index (χ2v) is 10.1. The summed E-state index contributed by atoms with van der Waals surface area (Å²) in [4.78, 5) is 12.9. The molecule has 3 fully saturated rings. The second-order valence-electron chi connectivity index (χ2n) is 10.1. The van der Waals surface area contributed by atoms with Gasteiger partial charge in [0.05, 0.1) is 31.6 Å². The predicted molar refractivity (Wildman–Crippen MR) is 97.3 cm³/mol. The molecular formula is C22H28NO3+. The first-order valence-electron chi connectivity index (χ1n) is 10.3. The number of hydrogen-bond donors (Lipinski definition) is 1. The summed E-state index contributed by atoms with van der Waals surface area (Å²) in [6.45, 7) is 4.85. The Balaban J connectivity index is 1.60. The van der Waals surface area contributed by atoms with E-state index in [0.29, 0.717) is 18.2 Å². The molecule has 5 atom stereocenters. The molecule has 0 aromatic heterocycles. The maximum Gasteiger partial charge on any atom is 0.174 e. The highest BCUT2D eigenvalue weighted by Crippen LogP contribution is 2.69. The van der Waals surface area contributed by atoms with Gasteiger partial charge >= 0.3 is 0 Å². The van der Waals surface area contributed by atoms with Crippen LogP contribution in [0.3, 0.4) is 0 Å². The van der Waals surface area contributed by atoms with E-state index in [2.05, 4.69) is 20.0 Å². The highest BCUT2D eigenvalue weighted by atomic mass is 16.5. The number of ketones is 1. The third-order valence-electron chi connectivity index (χ3n) is 8.85. The number of likely N-dealkylation sites (N-methyl/N-ethyl adjacent to an activating group) is 1. The SMILES string of the molecule is CC12CCC(=O)C3Oc4c(O)ccc5c4C31CC[N+](C)(CC1CC1)C2C5. The molecule has 1 aromatic carbocycles. The molecule has 26 heavy (non-hydrogen) atoms. The van der Waals surface area contributed by atoms with Gasteiger partial charge in [-0.15, -0.1) is 0 Å². The van der Waals surface area contributed by atoms with Crippen molar-refractivity contribution < 1.29 is 19.1 Å². The lowest BCUT2D eigenvalue weighted by molar-refractivity contribution is -0.951. The topological polar surface area (TPSA) is 46.5 Å². The summed E-state index contributed by atoms with van der Waals surface area (Å²) < 4.78 is 7.39. The summed E-state index contributed by atoms with van der Waals surface area (Å²) in [5.74, 6) is 1.96. The second kappa shape index (κ2) is 4.46. The van der Waals surface area contributed by atoms with E-state index < -0.39 is 0 Å². The number of rotatable bonds is 2. The van der Waals surface area contributed by atoms with Crippen LogP contribution in [0.25, 0.3) is 0 Å². The Kier molecular flexibility index (Phi) is 2.66. The van der Waals surface area contributed by atoms with Crippen LogP contribution in [0.5, 0.6) is 11.5 Å². The highest BCUT2D eigenvalue weighted by Gasteiger charge is 2.74. The molecular weight excluding hydrogens is 326 g/mol. The van der Waals surface area contributed by atoms with Crippen LogP contribution in [-0.2, 0) is 16.6 Å². The molecule has 5 unspecified atom stereocenters. The molecule has 1 spiro atoms. The molecule has 1 aromatic rings. The Hall–Kier alpha value is -1.55. The third-order valence-corrected chi connectivity index (χ3v) is 8.85. The molecule has 6 rings (SSSR count). The zero-order valence-corrected chi connectivity index (χ0v) is 15.8. The number of ether oxygens (including phenoxy) is 1. The van der Waals surface area contributed by atoms with E-state index in [1.165, 1.54) is 30.5 Å². The Morgan fingerprint density at radius 2 is 2.12 bits per heavy atom. The van der Waals surface area contributed by atoms with Gasteiger partial charge in [0.25, 0.3) is 0 Å². The first-order valence-corrected chi connectivity index (χ1v) is 10.3. The van der Waals surface area contributed by atoms with Crippen molar-refractivity contribution in [3.8, 4) is 11.5 Å². The fourth-order valence-electron chi connectivity index (χ4n) is 7.45. The number of Topliss-reactive ketones (excluding diaryl/α,β-unsaturated/α-hetero) is 1. The maximum atomic E-state index is 12.9. The van der Waals surface area contributed by atoms with Crippen LogP contribution < -0.4 is 4.74 Å². The molecule has 2 bridgehead atoms. The van der Waals surface area contributed by atoms with E-state index >= 15 is 0 Å². The van der Waals surface area contributed by atoms with Crippen molar-refractivity contribution in [3.63, 3.8) is 0 Å². The first kappa shape index (κ1) is 15.5. The highest BCUT2D eigenvalue weighted by molar-refractivity contribution is 5.89. The molecule has 5 aliphatic rings. The van der Waals surface area contributed by atoms with Gasteiger partial charge in [0.15, 0.2) is 23.4 Å². The van der Waals surface area contributed by atoms with Crippen molar-refractivity contribution in [3.05, 3.63) is 23.3 Å². The quantitative estimate of drug-likeness (QED) is 0.831. The molecule has 4 nitrogen and oxygen atoms in total. The summed E-state index contributed by atoms with van der Waals surface area (Å²) in [6.07, 6.45) is 6.02. The molecule has 0 amide bonds. The number of nitrogens with zero attached hydrogens (tertiary/aromatic N) is 1. The number of hydrogen-bond acceptors (Lipinski definition) is 3. The van der Waals surface area contributed by atoms with Gasteiger partial charge in [0.1, 0.15) is 0 Å². The summed E-state index contributed by atoms with van der Waals surface area (Å²) in [5, 5.41) is 10.5. The summed E-state index contributed by atoms with van der Waals surface area (Å²) in [7, 11) is 2.47. The van der Waals surface area contributed by atoms with E-state index in [4.69, 9.17) is 4.74 Å². The predicted octanol–water partition coefficient (Wildman–Crippen LogP) is 2.95. The lowest BCUT2D eigenvalue weighted by Gasteiger charge is -2.65. The molecule has 3 aliphatic carbocycles. The zero-order valence-electron chi connectivity index (χ0n) is 15.8. The zero-order chi connectivity index (χ0) is 17.9. The summed E-state index contributed by atoms with van der Waals surface area (Å²) in [5.41, 5.74) is 2.35. The number of carbonyl (C=O) groups is 1. The lowest BCUT2D eigenvalue weighted by atomic mass is 9.43. The third kappa shape index (κ3) is 1.56. The van der Waals surface area contributed by atoms with E-state index in [0.717, 1.165) is 36.2 Å². The molecule has 138 valence electrons. The minimum absolute atomic E-state index is 0.0690. The van der Waals surface area contributed by atoms with Crippen LogP contribution in [0.15, 0.2) is 12.1 Å². The smallest absolute Gasteiger partial charge is 0.174 e. The number of aromatic hydroxyl groups is 1. The van der Waals surface area contributed by atoms with E-state index in [1.807, 2.05) is 0 Å². The van der Waals surface area contributed by atoms with E-state index in [-0.39, 0.29) is 28.5 Å². The molecule has 4 heteroatoms. The van der Waals surface area contributed by atoms with Gasteiger partial charge in [-0.3, -0.25) is 4.79 Å². The van der Waals surface area contributed by atoms with Crippen molar-refractivity contribution in [2.24, 2.45) is 11.3 Å². The van der Waals surface area contributed by atoms with Crippen LogP contribution in [0.4, 0.5) is 0 Å². The number of quaternary nitrogens is 1. The number of likely N-dealkylation sites (tertiary alicyclic amines) is 1. The van der Waals surface area contributed by atoms with Gasteiger partial charge in [-0.2, -0.15) is 0 Å². The van der Waals surface area contributed by atoms with Crippen LogP contribution in [0.1, 0.15) is 50.2 Å². The number of piperidine rings is 1.